The maximum atomic E-state index is 13.8. The average Bonchev–Trinajstić information content (AvgIpc) is 2.41. The Hall–Kier alpha value is -1.62. The highest BCUT2D eigenvalue weighted by Crippen LogP contribution is 2.17. The van der Waals surface area contributed by atoms with Crippen molar-refractivity contribution in [2.75, 3.05) is 20.2 Å². The third kappa shape index (κ3) is 3.23. The van der Waals surface area contributed by atoms with Gasteiger partial charge in [0.15, 0.2) is 0 Å². The van der Waals surface area contributed by atoms with Gasteiger partial charge in [0.2, 0.25) is 0 Å². The minimum Gasteiger partial charge on any atom is -0.497 e. The quantitative estimate of drug-likeness (QED) is 0.873. The van der Waals surface area contributed by atoms with Gasteiger partial charge >= 0.3 is 0 Å². The van der Waals surface area contributed by atoms with E-state index >= 15 is 0 Å². The van der Waals surface area contributed by atoms with E-state index < -0.39 is 5.82 Å². The second-order valence-corrected chi connectivity index (χ2v) is 4.90. The van der Waals surface area contributed by atoms with E-state index in [4.69, 9.17) is 4.74 Å². The Morgan fingerprint density at radius 1 is 1.53 bits per heavy atom. The maximum absolute atomic E-state index is 13.8. The van der Waals surface area contributed by atoms with E-state index in [-0.39, 0.29) is 17.5 Å². The SMILES string of the molecule is COc1ccc(C(=O)NC2CNCCC2C)c(F)c1. The Kier molecular flexibility index (Phi) is 4.37. The number of methoxy groups -OCH3 is 1. The van der Waals surface area contributed by atoms with Crippen LogP contribution in [0, 0.1) is 11.7 Å². The first-order valence-corrected chi connectivity index (χ1v) is 6.47. The molecule has 2 rings (SSSR count). The predicted molar refractivity (Wildman–Crippen MR) is 70.9 cm³/mol. The van der Waals surface area contributed by atoms with Crippen LogP contribution in [-0.4, -0.2) is 32.1 Å². The van der Waals surface area contributed by atoms with Crippen LogP contribution in [0.25, 0.3) is 0 Å². The second kappa shape index (κ2) is 6.02. The third-order valence-corrected chi connectivity index (χ3v) is 3.56. The lowest BCUT2D eigenvalue weighted by Crippen LogP contribution is -2.50. The van der Waals surface area contributed by atoms with E-state index in [1.807, 2.05) is 0 Å². The van der Waals surface area contributed by atoms with Crippen molar-refractivity contribution in [1.82, 2.24) is 10.6 Å². The first-order chi connectivity index (χ1) is 9.11. The Morgan fingerprint density at radius 2 is 2.32 bits per heavy atom. The van der Waals surface area contributed by atoms with E-state index in [1.165, 1.54) is 19.2 Å². The van der Waals surface area contributed by atoms with Gasteiger partial charge in [0.25, 0.3) is 5.91 Å². The van der Waals surface area contributed by atoms with Crippen LogP contribution in [-0.2, 0) is 0 Å². The summed E-state index contributed by atoms with van der Waals surface area (Å²) in [5, 5.41) is 6.11. The standard InChI is InChI=1S/C14H19FN2O2/c1-9-5-6-16-8-13(9)17-14(18)11-4-3-10(19-2)7-12(11)15/h3-4,7,9,13,16H,5-6,8H2,1-2H3,(H,17,18). The molecule has 1 amide bonds. The predicted octanol–water partition coefficient (Wildman–Crippen LogP) is 1.56. The number of nitrogens with one attached hydrogen (secondary N) is 2. The third-order valence-electron chi connectivity index (χ3n) is 3.56. The molecule has 1 aromatic rings. The van der Waals surface area contributed by atoms with Gasteiger partial charge in [0.05, 0.1) is 12.7 Å². The molecule has 104 valence electrons. The molecule has 1 heterocycles. The average molecular weight is 266 g/mol. The van der Waals surface area contributed by atoms with E-state index in [1.54, 1.807) is 6.07 Å². The molecular formula is C14H19FN2O2. The number of amides is 1. The molecular weight excluding hydrogens is 247 g/mol. The number of hydrogen-bond acceptors (Lipinski definition) is 3. The number of benzene rings is 1. The lowest BCUT2D eigenvalue weighted by molar-refractivity contribution is 0.0911. The fourth-order valence-electron chi connectivity index (χ4n) is 2.24. The molecule has 0 saturated carbocycles. The fraction of sp³-hybridized carbons (Fsp3) is 0.500. The van der Waals surface area contributed by atoms with Gasteiger partial charge in [-0.05, 0) is 31.0 Å². The van der Waals surface area contributed by atoms with E-state index in [0.717, 1.165) is 19.5 Å². The number of hydrogen-bond donors (Lipinski definition) is 2. The maximum Gasteiger partial charge on any atom is 0.254 e. The molecule has 1 fully saturated rings. The van der Waals surface area contributed by atoms with Crippen LogP contribution >= 0.6 is 0 Å². The lowest BCUT2D eigenvalue weighted by atomic mass is 9.94. The Balaban J connectivity index is 2.07. The van der Waals surface area contributed by atoms with Crippen LogP contribution in [0.2, 0.25) is 0 Å². The topological polar surface area (TPSA) is 50.4 Å². The molecule has 5 heteroatoms. The van der Waals surface area contributed by atoms with Gasteiger partial charge in [-0.25, -0.2) is 4.39 Å². The Bertz CT molecular complexity index is 465. The number of halogens is 1. The Morgan fingerprint density at radius 3 is 2.95 bits per heavy atom. The van der Waals surface area contributed by atoms with Crippen LogP contribution in [0.5, 0.6) is 5.75 Å². The molecule has 0 aromatic heterocycles. The molecule has 0 bridgehead atoms. The smallest absolute Gasteiger partial charge is 0.254 e. The molecule has 1 aromatic carbocycles. The van der Waals surface area contributed by atoms with Crippen molar-refractivity contribution in [3.63, 3.8) is 0 Å². The molecule has 2 N–H and O–H groups in total. The summed E-state index contributed by atoms with van der Waals surface area (Å²) in [6.45, 7) is 3.78. The molecule has 19 heavy (non-hydrogen) atoms. The van der Waals surface area contributed by atoms with Crippen LogP contribution in [0.15, 0.2) is 18.2 Å². The molecule has 0 radical (unpaired) electrons. The number of rotatable bonds is 3. The van der Waals surface area contributed by atoms with Crippen molar-refractivity contribution in [2.24, 2.45) is 5.92 Å². The highest BCUT2D eigenvalue weighted by Gasteiger charge is 2.24. The van der Waals surface area contributed by atoms with Gasteiger partial charge in [-0.2, -0.15) is 0 Å². The summed E-state index contributed by atoms with van der Waals surface area (Å²) in [6.07, 6.45) is 1.01. The summed E-state index contributed by atoms with van der Waals surface area (Å²) in [7, 11) is 1.46. The minimum atomic E-state index is -0.562. The lowest BCUT2D eigenvalue weighted by Gasteiger charge is -2.30. The van der Waals surface area contributed by atoms with Gasteiger partial charge in [-0.1, -0.05) is 6.92 Å². The van der Waals surface area contributed by atoms with Gasteiger partial charge in [0, 0.05) is 18.7 Å². The van der Waals surface area contributed by atoms with Gasteiger partial charge in [0.1, 0.15) is 11.6 Å². The van der Waals surface area contributed by atoms with Crippen molar-refractivity contribution in [3.8, 4) is 5.75 Å². The highest BCUT2D eigenvalue weighted by atomic mass is 19.1. The van der Waals surface area contributed by atoms with Crippen LogP contribution in [0.4, 0.5) is 4.39 Å². The number of ether oxygens (including phenoxy) is 1. The highest BCUT2D eigenvalue weighted by molar-refractivity contribution is 5.94. The number of piperidine rings is 1. The molecule has 0 spiro atoms. The van der Waals surface area contributed by atoms with Crippen molar-refractivity contribution >= 4 is 5.91 Å². The fourth-order valence-corrected chi connectivity index (χ4v) is 2.24. The zero-order chi connectivity index (χ0) is 13.8. The van der Waals surface area contributed by atoms with Crippen molar-refractivity contribution in [2.45, 2.75) is 19.4 Å². The van der Waals surface area contributed by atoms with Crippen LogP contribution in [0.3, 0.4) is 0 Å². The van der Waals surface area contributed by atoms with Crippen LogP contribution in [0.1, 0.15) is 23.7 Å². The van der Waals surface area contributed by atoms with E-state index in [9.17, 15) is 9.18 Å². The summed E-state index contributed by atoms with van der Waals surface area (Å²) < 4.78 is 18.7. The second-order valence-electron chi connectivity index (χ2n) is 4.90. The monoisotopic (exact) mass is 266 g/mol. The van der Waals surface area contributed by atoms with Crippen molar-refractivity contribution in [1.29, 1.82) is 0 Å². The molecule has 0 aliphatic carbocycles. The summed E-state index contributed by atoms with van der Waals surface area (Å²) in [5.74, 6) is -0.137. The molecule has 4 nitrogen and oxygen atoms in total. The number of carbonyl (C=O) groups is 1. The summed E-state index contributed by atoms with van der Waals surface area (Å²) in [6, 6.07) is 4.30. The summed E-state index contributed by atoms with van der Waals surface area (Å²) in [4.78, 5) is 12.1. The van der Waals surface area contributed by atoms with E-state index in [2.05, 4.69) is 17.6 Å². The summed E-state index contributed by atoms with van der Waals surface area (Å²) >= 11 is 0. The molecule has 2 unspecified atom stereocenters. The molecule has 1 aliphatic rings. The first kappa shape index (κ1) is 13.8. The van der Waals surface area contributed by atoms with Crippen molar-refractivity contribution in [3.05, 3.63) is 29.6 Å². The summed E-state index contributed by atoms with van der Waals surface area (Å²) in [5.41, 5.74) is 0.0542. The molecule has 1 saturated heterocycles. The normalized spacial score (nSPS) is 22.9. The zero-order valence-corrected chi connectivity index (χ0v) is 11.2. The zero-order valence-electron chi connectivity index (χ0n) is 11.2. The number of carbonyl (C=O) groups excluding carboxylic acids is 1. The largest absolute Gasteiger partial charge is 0.497 e. The molecule has 2 atom stereocenters. The van der Waals surface area contributed by atoms with Crippen molar-refractivity contribution < 1.29 is 13.9 Å². The van der Waals surface area contributed by atoms with Gasteiger partial charge in [-0.3, -0.25) is 4.79 Å². The Labute approximate surface area is 112 Å². The minimum absolute atomic E-state index is 0.0442. The van der Waals surface area contributed by atoms with Crippen LogP contribution < -0.4 is 15.4 Å². The van der Waals surface area contributed by atoms with E-state index in [0.29, 0.717) is 11.7 Å². The molecule has 1 aliphatic heterocycles. The first-order valence-electron chi connectivity index (χ1n) is 6.47. The van der Waals surface area contributed by atoms with Gasteiger partial charge < -0.3 is 15.4 Å². The van der Waals surface area contributed by atoms with Gasteiger partial charge in [-0.15, -0.1) is 0 Å².